The number of carbonyl (C=O) groups is 1. The number of nitrogens with zero attached hydrogens (tertiary/aromatic N) is 1. The number of carboxylic acid groups (broad SMARTS) is 1. The topological polar surface area (TPSA) is 75.8 Å². The van der Waals surface area contributed by atoms with Gasteiger partial charge in [-0.3, -0.25) is 9.69 Å². The smallest absolute Gasteiger partial charge is 0.321 e. The number of rotatable bonds is 5. The standard InChI is InChI=1S/C13H18N2O3/c1-15(8-11(14)13(16)17)7-9-2-3-12-10(6-9)4-5-18-12/h2-3,6,11H,4-5,7-8,14H2,1H3,(H,16,17). The number of fused-ring (bicyclic) bond motifs is 1. The van der Waals surface area contributed by atoms with Crippen molar-refractivity contribution in [1.82, 2.24) is 4.90 Å². The number of benzene rings is 1. The molecule has 3 N–H and O–H groups in total. The van der Waals surface area contributed by atoms with Gasteiger partial charge < -0.3 is 15.6 Å². The summed E-state index contributed by atoms with van der Waals surface area (Å²) in [5, 5.41) is 8.76. The molecule has 0 amide bonds. The summed E-state index contributed by atoms with van der Waals surface area (Å²) in [6, 6.07) is 5.26. The molecule has 5 heteroatoms. The summed E-state index contributed by atoms with van der Waals surface area (Å²) >= 11 is 0. The maximum Gasteiger partial charge on any atom is 0.321 e. The third kappa shape index (κ3) is 3.00. The number of aliphatic carboxylic acids is 1. The number of likely N-dealkylation sites (N-methyl/N-ethyl adjacent to an activating group) is 1. The van der Waals surface area contributed by atoms with Crippen LogP contribution < -0.4 is 10.5 Å². The molecule has 0 spiro atoms. The second-order valence-electron chi connectivity index (χ2n) is 4.68. The van der Waals surface area contributed by atoms with Crippen molar-refractivity contribution < 1.29 is 14.6 Å². The second kappa shape index (κ2) is 5.37. The first-order valence-corrected chi connectivity index (χ1v) is 5.98. The van der Waals surface area contributed by atoms with E-state index < -0.39 is 12.0 Å². The highest BCUT2D eigenvalue weighted by Crippen LogP contribution is 2.26. The molecule has 1 aliphatic heterocycles. The van der Waals surface area contributed by atoms with Gasteiger partial charge in [-0.2, -0.15) is 0 Å². The Hall–Kier alpha value is -1.59. The van der Waals surface area contributed by atoms with Gasteiger partial charge in [-0.15, -0.1) is 0 Å². The Morgan fingerprint density at radius 2 is 2.39 bits per heavy atom. The zero-order valence-electron chi connectivity index (χ0n) is 10.4. The van der Waals surface area contributed by atoms with E-state index in [0.29, 0.717) is 13.1 Å². The Kier molecular flexibility index (Phi) is 3.84. The molecule has 5 nitrogen and oxygen atoms in total. The Balaban J connectivity index is 1.95. The molecule has 1 aromatic carbocycles. The van der Waals surface area contributed by atoms with Crippen LogP contribution in [-0.4, -0.2) is 42.2 Å². The molecule has 1 aromatic rings. The molecule has 0 aliphatic carbocycles. The van der Waals surface area contributed by atoms with Crippen LogP contribution in [0, 0.1) is 0 Å². The van der Waals surface area contributed by atoms with E-state index >= 15 is 0 Å². The van der Waals surface area contributed by atoms with E-state index in [1.54, 1.807) is 0 Å². The third-order valence-corrected chi connectivity index (χ3v) is 3.03. The fourth-order valence-corrected chi connectivity index (χ4v) is 2.13. The molecule has 1 unspecified atom stereocenters. The lowest BCUT2D eigenvalue weighted by atomic mass is 10.1. The Bertz CT molecular complexity index is 448. The van der Waals surface area contributed by atoms with E-state index in [1.165, 1.54) is 5.56 Å². The highest BCUT2D eigenvalue weighted by Gasteiger charge is 2.16. The van der Waals surface area contributed by atoms with Gasteiger partial charge in [-0.1, -0.05) is 12.1 Å². The Morgan fingerprint density at radius 1 is 1.61 bits per heavy atom. The van der Waals surface area contributed by atoms with Crippen LogP contribution in [0.25, 0.3) is 0 Å². The van der Waals surface area contributed by atoms with Crippen LogP contribution in [0.2, 0.25) is 0 Å². The molecule has 0 fully saturated rings. The van der Waals surface area contributed by atoms with Gasteiger partial charge >= 0.3 is 5.97 Å². The fourth-order valence-electron chi connectivity index (χ4n) is 2.13. The van der Waals surface area contributed by atoms with Crippen LogP contribution in [0.4, 0.5) is 0 Å². The van der Waals surface area contributed by atoms with Gasteiger partial charge in [0, 0.05) is 19.5 Å². The summed E-state index contributed by atoms with van der Waals surface area (Å²) in [5.41, 5.74) is 7.88. The van der Waals surface area contributed by atoms with Crippen LogP contribution in [-0.2, 0) is 17.8 Å². The molecular formula is C13H18N2O3. The van der Waals surface area contributed by atoms with Gasteiger partial charge in [0.25, 0.3) is 0 Å². The highest BCUT2D eigenvalue weighted by molar-refractivity contribution is 5.73. The Morgan fingerprint density at radius 3 is 3.11 bits per heavy atom. The first-order valence-electron chi connectivity index (χ1n) is 5.98. The predicted octanol–water partition coefficient (Wildman–Crippen LogP) is 0.465. The van der Waals surface area contributed by atoms with Crippen molar-refractivity contribution in [2.45, 2.75) is 19.0 Å². The van der Waals surface area contributed by atoms with Crippen LogP contribution in [0.3, 0.4) is 0 Å². The van der Waals surface area contributed by atoms with E-state index in [4.69, 9.17) is 15.6 Å². The molecular weight excluding hydrogens is 232 g/mol. The lowest BCUT2D eigenvalue weighted by Crippen LogP contribution is -2.40. The van der Waals surface area contributed by atoms with Gasteiger partial charge in [-0.25, -0.2) is 0 Å². The van der Waals surface area contributed by atoms with Crippen molar-refractivity contribution in [3.8, 4) is 5.75 Å². The average molecular weight is 250 g/mol. The molecule has 1 heterocycles. The van der Waals surface area contributed by atoms with Crippen LogP contribution in [0.15, 0.2) is 18.2 Å². The fraction of sp³-hybridized carbons (Fsp3) is 0.462. The van der Waals surface area contributed by atoms with E-state index in [0.717, 1.165) is 24.3 Å². The summed E-state index contributed by atoms with van der Waals surface area (Å²) in [6.07, 6.45) is 0.946. The van der Waals surface area contributed by atoms with Crippen molar-refractivity contribution in [3.05, 3.63) is 29.3 Å². The van der Waals surface area contributed by atoms with Gasteiger partial charge in [0.1, 0.15) is 11.8 Å². The predicted molar refractivity (Wildman–Crippen MR) is 67.6 cm³/mol. The van der Waals surface area contributed by atoms with E-state index in [2.05, 4.69) is 6.07 Å². The normalized spacial score (nSPS) is 15.3. The number of ether oxygens (including phenoxy) is 1. The first-order chi connectivity index (χ1) is 8.56. The van der Waals surface area contributed by atoms with Crippen molar-refractivity contribution in [3.63, 3.8) is 0 Å². The minimum atomic E-state index is -0.968. The highest BCUT2D eigenvalue weighted by atomic mass is 16.5. The lowest BCUT2D eigenvalue weighted by Gasteiger charge is -2.19. The third-order valence-electron chi connectivity index (χ3n) is 3.03. The maximum absolute atomic E-state index is 10.7. The van der Waals surface area contributed by atoms with E-state index in [1.807, 2.05) is 24.1 Å². The molecule has 1 atom stereocenters. The molecule has 0 radical (unpaired) electrons. The van der Waals surface area contributed by atoms with Crippen LogP contribution in [0.1, 0.15) is 11.1 Å². The molecule has 1 aliphatic rings. The number of nitrogens with two attached hydrogens (primary N) is 1. The van der Waals surface area contributed by atoms with Crippen LogP contribution >= 0.6 is 0 Å². The van der Waals surface area contributed by atoms with E-state index in [-0.39, 0.29) is 0 Å². The first kappa shape index (κ1) is 12.9. The summed E-state index contributed by atoms with van der Waals surface area (Å²) in [7, 11) is 1.87. The van der Waals surface area contributed by atoms with Crippen molar-refractivity contribution in [1.29, 1.82) is 0 Å². The van der Waals surface area contributed by atoms with E-state index in [9.17, 15) is 4.79 Å². The minimum absolute atomic E-state index is 0.336. The maximum atomic E-state index is 10.7. The summed E-state index contributed by atoms with van der Waals surface area (Å²) in [6.45, 7) is 1.77. The van der Waals surface area contributed by atoms with Crippen molar-refractivity contribution in [2.75, 3.05) is 20.2 Å². The largest absolute Gasteiger partial charge is 0.493 e. The second-order valence-corrected chi connectivity index (χ2v) is 4.68. The molecule has 0 bridgehead atoms. The zero-order chi connectivity index (χ0) is 13.1. The zero-order valence-corrected chi connectivity index (χ0v) is 10.4. The molecule has 18 heavy (non-hydrogen) atoms. The summed E-state index contributed by atoms with van der Waals surface area (Å²) < 4.78 is 5.44. The number of hydrogen-bond acceptors (Lipinski definition) is 4. The van der Waals surface area contributed by atoms with Gasteiger partial charge in [0.05, 0.1) is 6.61 Å². The quantitative estimate of drug-likeness (QED) is 0.794. The lowest BCUT2D eigenvalue weighted by molar-refractivity contribution is -0.138. The number of hydrogen-bond donors (Lipinski definition) is 2. The molecule has 2 rings (SSSR count). The van der Waals surface area contributed by atoms with Crippen LogP contribution in [0.5, 0.6) is 5.75 Å². The van der Waals surface area contributed by atoms with Gasteiger partial charge in [-0.05, 0) is 24.2 Å². The molecule has 0 saturated carbocycles. The minimum Gasteiger partial charge on any atom is -0.493 e. The number of carboxylic acids is 1. The summed E-state index contributed by atoms with van der Waals surface area (Å²) in [5.74, 6) is -0.00663. The SMILES string of the molecule is CN(Cc1ccc2c(c1)CCO2)CC(N)C(=O)O. The van der Waals surface area contributed by atoms with Gasteiger partial charge in [0.2, 0.25) is 0 Å². The van der Waals surface area contributed by atoms with Crippen molar-refractivity contribution >= 4 is 5.97 Å². The average Bonchev–Trinajstić information content (AvgIpc) is 2.75. The summed E-state index contributed by atoms with van der Waals surface area (Å²) in [4.78, 5) is 12.6. The monoisotopic (exact) mass is 250 g/mol. The van der Waals surface area contributed by atoms with Crippen molar-refractivity contribution in [2.24, 2.45) is 5.73 Å². The Labute approximate surface area is 106 Å². The molecule has 0 aromatic heterocycles. The van der Waals surface area contributed by atoms with Gasteiger partial charge in [0.15, 0.2) is 0 Å². The molecule has 0 saturated heterocycles. The molecule has 98 valence electrons.